The maximum Gasteiger partial charge on any atom is 0.262 e. The van der Waals surface area contributed by atoms with Gasteiger partial charge in [-0.1, -0.05) is 24.3 Å². The second-order valence-electron chi connectivity index (χ2n) is 6.09. The van der Waals surface area contributed by atoms with Gasteiger partial charge in [0, 0.05) is 6.54 Å². The molecule has 0 bridgehead atoms. The minimum atomic E-state index is -0.863. The van der Waals surface area contributed by atoms with Crippen molar-refractivity contribution in [2.75, 3.05) is 13.7 Å². The van der Waals surface area contributed by atoms with Crippen molar-refractivity contribution < 1.29 is 19.1 Å². The Labute approximate surface area is 151 Å². The predicted molar refractivity (Wildman–Crippen MR) is 96.1 cm³/mol. The molecular formula is C20H20N2O4. The summed E-state index contributed by atoms with van der Waals surface area (Å²) in [6, 6.07) is 13.3. The van der Waals surface area contributed by atoms with Gasteiger partial charge < -0.3 is 10.1 Å². The van der Waals surface area contributed by atoms with Gasteiger partial charge in [0.05, 0.1) is 18.2 Å². The molecule has 1 aliphatic rings. The summed E-state index contributed by atoms with van der Waals surface area (Å²) in [5, 5.41) is 2.79. The van der Waals surface area contributed by atoms with Crippen molar-refractivity contribution in [2.45, 2.75) is 19.4 Å². The smallest absolute Gasteiger partial charge is 0.262 e. The number of carbonyl (C=O) groups is 3. The highest BCUT2D eigenvalue weighted by molar-refractivity contribution is 6.22. The van der Waals surface area contributed by atoms with Crippen LogP contribution < -0.4 is 10.1 Å². The zero-order chi connectivity index (χ0) is 18.7. The van der Waals surface area contributed by atoms with Crippen LogP contribution in [0.2, 0.25) is 0 Å². The first-order valence-electron chi connectivity index (χ1n) is 8.40. The fourth-order valence-electron chi connectivity index (χ4n) is 2.95. The molecule has 2 aromatic rings. The van der Waals surface area contributed by atoms with Crippen molar-refractivity contribution in [3.05, 3.63) is 65.2 Å². The zero-order valence-electron chi connectivity index (χ0n) is 14.7. The third-order valence-corrected chi connectivity index (χ3v) is 4.46. The van der Waals surface area contributed by atoms with E-state index in [0.29, 0.717) is 24.1 Å². The van der Waals surface area contributed by atoms with E-state index in [4.69, 9.17) is 4.74 Å². The van der Waals surface area contributed by atoms with E-state index < -0.39 is 17.9 Å². The minimum absolute atomic E-state index is 0.343. The first-order chi connectivity index (χ1) is 12.5. The highest BCUT2D eigenvalue weighted by Crippen LogP contribution is 2.24. The summed E-state index contributed by atoms with van der Waals surface area (Å²) < 4.78 is 5.11. The third-order valence-electron chi connectivity index (χ3n) is 4.46. The summed E-state index contributed by atoms with van der Waals surface area (Å²) in [6.45, 7) is 1.98. The molecule has 6 heteroatoms. The molecular weight excluding hydrogens is 332 g/mol. The van der Waals surface area contributed by atoms with Crippen molar-refractivity contribution in [1.29, 1.82) is 0 Å². The summed E-state index contributed by atoms with van der Waals surface area (Å²) in [6.07, 6.45) is 0.643. The van der Waals surface area contributed by atoms with Crippen molar-refractivity contribution >= 4 is 17.7 Å². The van der Waals surface area contributed by atoms with Crippen LogP contribution in [-0.2, 0) is 11.2 Å². The highest BCUT2D eigenvalue weighted by Gasteiger charge is 2.40. The lowest BCUT2D eigenvalue weighted by molar-refractivity contribution is -0.124. The number of carbonyl (C=O) groups excluding carboxylic acids is 3. The van der Waals surface area contributed by atoms with Crippen LogP contribution in [0.1, 0.15) is 33.2 Å². The number of methoxy groups -OCH3 is 1. The lowest BCUT2D eigenvalue weighted by atomic mass is 10.1. The van der Waals surface area contributed by atoms with Crippen LogP contribution in [0.5, 0.6) is 5.75 Å². The van der Waals surface area contributed by atoms with E-state index in [1.165, 1.54) is 0 Å². The summed E-state index contributed by atoms with van der Waals surface area (Å²) in [5.74, 6) is -0.433. The molecule has 1 atom stereocenters. The monoisotopic (exact) mass is 352 g/mol. The van der Waals surface area contributed by atoms with Crippen LogP contribution in [-0.4, -0.2) is 42.3 Å². The Morgan fingerprint density at radius 1 is 1.04 bits per heavy atom. The molecule has 0 saturated carbocycles. The molecule has 0 aliphatic carbocycles. The molecule has 26 heavy (non-hydrogen) atoms. The fraction of sp³-hybridized carbons (Fsp3) is 0.250. The Kier molecular flexibility index (Phi) is 5.02. The van der Waals surface area contributed by atoms with Crippen molar-refractivity contribution in [2.24, 2.45) is 0 Å². The van der Waals surface area contributed by atoms with E-state index >= 15 is 0 Å². The molecule has 0 spiro atoms. The fourth-order valence-corrected chi connectivity index (χ4v) is 2.95. The quantitative estimate of drug-likeness (QED) is 0.807. The van der Waals surface area contributed by atoms with Gasteiger partial charge in [0.2, 0.25) is 5.91 Å². The Bertz CT molecular complexity index is 810. The topological polar surface area (TPSA) is 75.7 Å². The molecule has 0 fully saturated rings. The summed E-state index contributed by atoms with van der Waals surface area (Å²) in [5.41, 5.74) is 1.74. The molecule has 2 aromatic carbocycles. The van der Waals surface area contributed by atoms with E-state index in [9.17, 15) is 14.4 Å². The number of benzene rings is 2. The third kappa shape index (κ3) is 3.31. The van der Waals surface area contributed by atoms with Gasteiger partial charge in [-0.25, -0.2) is 0 Å². The Morgan fingerprint density at radius 2 is 1.62 bits per heavy atom. The van der Waals surface area contributed by atoms with E-state index in [0.717, 1.165) is 16.2 Å². The Balaban J connectivity index is 1.58. The van der Waals surface area contributed by atoms with E-state index in [-0.39, 0.29) is 5.91 Å². The molecule has 0 saturated heterocycles. The number of nitrogens with zero attached hydrogens (tertiary/aromatic N) is 1. The molecule has 1 aliphatic heterocycles. The molecule has 1 N–H and O–H groups in total. The summed E-state index contributed by atoms with van der Waals surface area (Å²) in [4.78, 5) is 38.3. The lowest BCUT2D eigenvalue weighted by Gasteiger charge is -2.21. The van der Waals surface area contributed by atoms with Crippen molar-refractivity contribution in [3.8, 4) is 5.75 Å². The van der Waals surface area contributed by atoms with Crippen LogP contribution in [0, 0.1) is 0 Å². The normalized spacial score (nSPS) is 14.2. The van der Waals surface area contributed by atoms with Gasteiger partial charge in [-0.15, -0.1) is 0 Å². The molecule has 3 amide bonds. The van der Waals surface area contributed by atoms with Gasteiger partial charge in [-0.3, -0.25) is 19.3 Å². The molecule has 134 valence electrons. The van der Waals surface area contributed by atoms with Crippen molar-refractivity contribution in [3.63, 3.8) is 0 Å². The van der Waals surface area contributed by atoms with Gasteiger partial charge >= 0.3 is 0 Å². The minimum Gasteiger partial charge on any atom is -0.497 e. The van der Waals surface area contributed by atoms with Gasteiger partial charge in [0.1, 0.15) is 11.8 Å². The molecule has 3 rings (SSSR count). The molecule has 6 nitrogen and oxygen atoms in total. The second-order valence-corrected chi connectivity index (χ2v) is 6.09. The zero-order valence-corrected chi connectivity index (χ0v) is 14.7. The van der Waals surface area contributed by atoms with Crippen LogP contribution in [0.25, 0.3) is 0 Å². The number of amides is 3. The summed E-state index contributed by atoms with van der Waals surface area (Å²) in [7, 11) is 1.61. The van der Waals surface area contributed by atoms with Crippen LogP contribution in [0.15, 0.2) is 48.5 Å². The number of fused-ring (bicyclic) bond motifs is 1. The highest BCUT2D eigenvalue weighted by atomic mass is 16.5. The molecule has 1 unspecified atom stereocenters. The number of hydrogen-bond donors (Lipinski definition) is 1. The van der Waals surface area contributed by atoms with Gasteiger partial charge in [0.25, 0.3) is 11.8 Å². The average Bonchev–Trinajstić information content (AvgIpc) is 2.92. The molecule has 0 radical (unpaired) electrons. The second kappa shape index (κ2) is 7.39. The number of nitrogens with one attached hydrogen (secondary N) is 1. The molecule has 0 aromatic heterocycles. The first kappa shape index (κ1) is 17.7. The Morgan fingerprint density at radius 3 is 2.15 bits per heavy atom. The van der Waals surface area contributed by atoms with Crippen LogP contribution in [0.3, 0.4) is 0 Å². The van der Waals surface area contributed by atoms with E-state index in [2.05, 4.69) is 5.32 Å². The van der Waals surface area contributed by atoms with Crippen molar-refractivity contribution in [1.82, 2.24) is 10.2 Å². The number of ether oxygens (including phenoxy) is 1. The number of imide groups is 1. The predicted octanol–water partition coefficient (Wildman–Crippen LogP) is 2.04. The summed E-state index contributed by atoms with van der Waals surface area (Å²) >= 11 is 0. The number of hydrogen-bond acceptors (Lipinski definition) is 4. The maximum atomic E-state index is 12.4. The first-order valence-corrected chi connectivity index (χ1v) is 8.40. The molecule has 1 heterocycles. The Hall–Kier alpha value is -3.15. The van der Waals surface area contributed by atoms with Gasteiger partial charge in [-0.2, -0.15) is 0 Å². The maximum absolute atomic E-state index is 12.4. The van der Waals surface area contributed by atoms with E-state index in [1.54, 1.807) is 38.3 Å². The lowest BCUT2D eigenvalue weighted by Crippen LogP contribution is -2.48. The largest absolute Gasteiger partial charge is 0.497 e. The SMILES string of the molecule is COc1ccc(CCNC(=O)C(C)N2C(=O)c3ccccc3C2=O)cc1. The van der Waals surface area contributed by atoms with E-state index in [1.807, 2.05) is 24.3 Å². The van der Waals surface area contributed by atoms with Crippen LogP contribution in [0.4, 0.5) is 0 Å². The average molecular weight is 352 g/mol. The van der Waals surface area contributed by atoms with Gasteiger partial charge in [0.15, 0.2) is 0 Å². The van der Waals surface area contributed by atoms with Crippen LogP contribution >= 0.6 is 0 Å². The number of rotatable bonds is 6. The standard InChI is InChI=1S/C20H20N2O4/c1-13(22-19(24)16-5-3-4-6-17(16)20(22)25)18(23)21-12-11-14-7-9-15(26-2)10-8-14/h3-10,13H,11-12H2,1-2H3,(H,21,23). The van der Waals surface area contributed by atoms with Gasteiger partial charge in [-0.05, 0) is 43.2 Å².